The molecule has 0 radical (unpaired) electrons. The van der Waals surface area contributed by atoms with Gasteiger partial charge in [-0.3, -0.25) is 0 Å². The van der Waals surface area contributed by atoms with Crippen LogP contribution in [-0.2, 0) is 6.42 Å². The zero-order chi connectivity index (χ0) is 14.3. The number of hydrogen-bond donors (Lipinski definition) is 2. The second kappa shape index (κ2) is 8.18. The highest BCUT2D eigenvalue weighted by Gasteiger charge is 2.10. The lowest BCUT2D eigenvalue weighted by atomic mass is 10.1. The summed E-state index contributed by atoms with van der Waals surface area (Å²) in [6, 6.07) is 8.42. The van der Waals surface area contributed by atoms with Gasteiger partial charge in [-0.1, -0.05) is 32.9 Å². The summed E-state index contributed by atoms with van der Waals surface area (Å²) in [5, 5.41) is 13.2. The van der Waals surface area contributed by atoms with Gasteiger partial charge in [0.1, 0.15) is 18.5 Å². The van der Waals surface area contributed by atoms with Crippen LogP contribution in [0.1, 0.15) is 33.3 Å². The maximum Gasteiger partial charge on any atom is 0.119 e. The molecule has 0 aliphatic carbocycles. The Hall–Kier alpha value is -1.06. The number of nitrogens with one attached hydrogen (secondary N) is 1. The molecule has 19 heavy (non-hydrogen) atoms. The Morgan fingerprint density at radius 1 is 1.16 bits per heavy atom. The molecule has 108 valence electrons. The van der Waals surface area contributed by atoms with Gasteiger partial charge in [0.2, 0.25) is 0 Å². The summed E-state index contributed by atoms with van der Waals surface area (Å²) in [6.45, 7) is 9.46. The molecule has 0 aliphatic heterocycles. The number of aliphatic hydroxyl groups is 1. The summed E-state index contributed by atoms with van der Waals surface area (Å²) in [6.07, 6.45) is 0.548. The van der Waals surface area contributed by atoms with Gasteiger partial charge in [-0.2, -0.15) is 0 Å². The second-order valence-electron chi connectivity index (χ2n) is 5.40. The second-order valence-corrected chi connectivity index (χ2v) is 5.40. The molecule has 1 rings (SSSR count). The fourth-order valence-electron chi connectivity index (χ4n) is 1.63. The summed E-state index contributed by atoms with van der Waals surface area (Å²) in [5.74, 6) is 1.38. The highest BCUT2D eigenvalue weighted by Crippen LogP contribution is 2.12. The van der Waals surface area contributed by atoms with Crippen LogP contribution >= 0.6 is 0 Å². The van der Waals surface area contributed by atoms with Gasteiger partial charge in [0, 0.05) is 12.6 Å². The molecule has 1 aromatic rings. The lowest BCUT2D eigenvalue weighted by Gasteiger charge is -2.20. The van der Waals surface area contributed by atoms with Crippen molar-refractivity contribution in [1.29, 1.82) is 0 Å². The van der Waals surface area contributed by atoms with Gasteiger partial charge >= 0.3 is 0 Å². The molecule has 2 atom stereocenters. The molecule has 0 amide bonds. The molecule has 0 spiro atoms. The smallest absolute Gasteiger partial charge is 0.119 e. The van der Waals surface area contributed by atoms with Crippen LogP contribution in [0.2, 0.25) is 0 Å². The average Bonchev–Trinajstić information content (AvgIpc) is 2.42. The first kappa shape index (κ1) is 16.0. The van der Waals surface area contributed by atoms with E-state index in [2.05, 4.69) is 45.1 Å². The number of hydrogen-bond acceptors (Lipinski definition) is 3. The van der Waals surface area contributed by atoms with Gasteiger partial charge < -0.3 is 15.2 Å². The van der Waals surface area contributed by atoms with Crippen molar-refractivity contribution in [3.05, 3.63) is 29.8 Å². The highest BCUT2D eigenvalue weighted by molar-refractivity contribution is 5.27. The zero-order valence-corrected chi connectivity index (χ0v) is 12.5. The van der Waals surface area contributed by atoms with Gasteiger partial charge in [0.15, 0.2) is 0 Å². The maximum absolute atomic E-state index is 9.85. The van der Waals surface area contributed by atoms with Gasteiger partial charge in [-0.05, 0) is 37.0 Å². The van der Waals surface area contributed by atoms with Crippen LogP contribution < -0.4 is 10.1 Å². The Kier molecular flexibility index (Phi) is 6.89. The Balaban J connectivity index is 2.27. The maximum atomic E-state index is 9.85. The quantitative estimate of drug-likeness (QED) is 0.759. The van der Waals surface area contributed by atoms with Crippen LogP contribution in [0.15, 0.2) is 24.3 Å². The molecular formula is C16H27NO2. The fourth-order valence-corrected chi connectivity index (χ4v) is 1.63. The van der Waals surface area contributed by atoms with E-state index in [0.29, 0.717) is 25.1 Å². The van der Waals surface area contributed by atoms with Crippen molar-refractivity contribution in [3.8, 4) is 5.75 Å². The zero-order valence-electron chi connectivity index (χ0n) is 12.5. The summed E-state index contributed by atoms with van der Waals surface area (Å²) in [5.41, 5.74) is 1.29. The van der Waals surface area contributed by atoms with E-state index in [-0.39, 0.29) is 0 Å². The first-order valence-electron chi connectivity index (χ1n) is 7.16. The summed E-state index contributed by atoms with van der Waals surface area (Å²) in [4.78, 5) is 0. The minimum absolute atomic E-state index is 0.323. The normalized spacial score (nSPS) is 14.4. The average molecular weight is 265 g/mol. The lowest BCUT2D eigenvalue weighted by molar-refractivity contribution is 0.102. The summed E-state index contributed by atoms with van der Waals surface area (Å²) in [7, 11) is 0. The van der Waals surface area contributed by atoms with Crippen molar-refractivity contribution < 1.29 is 9.84 Å². The standard InChI is InChI=1S/C16H27NO2/c1-5-14-6-8-16(9-7-14)19-11-15(18)10-17-13(4)12(2)3/h6-9,12-13,15,17-18H,5,10-11H2,1-4H3. The van der Waals surface area contributed by atoms with Crippen LogP contribution in [0.4, 0.5) is 0 Å². The topological polar surface area (TPSA) is 41.5 Å². The van der Waals surface area contributed by atoms with Gasteiger partial charge in [-0.25, -0.2) is 0 Å². The van der Waals surface area contributed by atoms with E-state index >= 15 is 0 Å². The third-order valence-corrected chi connectivity index (χ3v) is 3.45. The number of rotatable bonds is 8. The first-order chi connectivity index (χ1) is 9.02. The third-order valence-electron chi connectivity index (χ3n) is 3.45. The molecule has 0 aliphatic rings. The van der Waals surface area contributed by atoms with Gasteiger partial charge in [0.25, 0.3) is 0 Å². The van der Waals surface area contributed by atoms with E-state index in [1.165, 1.54) is 5.56 Å². The fraction of sp³-hybridized carbons (Fsp3) is 0.625. The van der Waals surface area contributed by atoms with E-state index < -0.39 is 6.10 Å². The van der Waals surface area contributed by atoms with Crippen LogP contribution in [0.3, 0.4) is 0 Å². The van der Waals surface area contributed by atoms with Crippen molar-refractivity contribution >= 4 is 0 Å². The Labute approximate surface area is 117 Å². The van der Waals surface area contributed by atoms with E-state index in [9.17, 15) is 5.11 Å². The molecule has 3 heteroatoms. The van der Waals surface area contributed by atoms with Crippen molar-refractivity contribution in [1.82, 2.24) is 5.32 Å². The van der Waals surface area contributed by atoms with Crippen molar-refractivity contribution in [2.45, 2.75) is 46.3 Å². The summed E-state index contributed by atoms with van der Waals surface area (Å²) >= 11 is 0. The van der Waals surface area contributed by atoms with E-state index in [1.54, 1.807) is 0 Å². The summed E-state index contributed by atoms with van der Waals surface area (Å²) < 4.78 is 5.57. The minimum atomic E-state index is -0.480. The molecular weight excluding hydrogens is 238 g/mol. The van der Waals surface area contributed by atoms with Crippen LogP contribution in [0.5, 0.6) is 5.75 Å². The molecule has 0 fully saturated rings. The molecule has 0 bridgehead atoms. The van der Waals surface area contributed by atoms with Crippen molar-refractivity contribution in [2.24, 2.45) is 5.92 Å². The van der Waals surface area contributed by atoms with Crippen molar-refractivity contribution in [3.63, 3.8) is 0 Å². The molecule has 0 saturated carbocycles. The highest BCUT2D eigenvalue weighted by atomic mass is 16.5. The molecule has 0 aromatic heterocycles. The predicted molar refractivity (Wildman–Crippen MR) is 79.6 cm³/mol. The monoisotopic (exact) mass is 265 g/mol. The molecule has 1 aromatic carbocycles. The van der Waals surface area contributed by atoms with Gasteiger partial charge in [-0.15, -0.1) is 0 Å². The van der Waals surface area contributed by atoms with Crippen LogP contribution in [0, 0.1) is 5.92 Å². The van der Waals surface area contributed by atoms with E-state index in [4.69, 9.17) is 4.74 Å². The van der Waals surface area contributed by atoms with Gasteiger partial charge in [0.05, 0.1) is 0 Å². The number of ether oxygens (including phenoxy) is 1. The SMILES string of the molecule is CCc1ccc(OCC(O)CNC(C)C(C)C)cc1. The Morgan fingerprint density at radius 2 is 1.79 bits per heavy atom. The molecule has 0 saturated heterocycles. The number of aryl methyl sites for hydroxylation is 1. The van der Waals surface area contributed by atoms with E-state index in [0.717, 1.165) is 12.2 Å². The van der Waals surface area contributed by atoms with E-state index in [1.807, 2.05) is 12.1 Å². The Bertz CT molecular complexity index is 348. The number of aliphatic hydroxyl groups excluding tert-OH is 1. The molecule has 2 N–H and O–H groups in total. The predicted octanol–water partition coefficient (Wildman–Crippen LogP) is 2.62. The number of benzene rings is 1. The minimum Gasteiger partial charge on any atom is -0.491 e. The van der Waals surface area contributed by atoms with Crippen molar-refractivity contribution in [2.75, 3.05) is 13.2 Å². The van der Waals surface area contributed by atoms with Crippen LogP contribution in [0.25, 0.3) is 0 Å². The molecule has 0 heterocycles. The third kappa shape index (κ3) is 6.08. The largest absolute Gasteiger partial charge is 0.491 e. The molecule has 2 unspecified atom stereocenters. The first-order valence-corrected chi connectivity index (χ1v) is 7.16. The molecule has 3 nitrogen and oxygen atoms in total. The Morgan fingerprint density at radius 3 is 2.32 bits per heavy atom. The lowest BCUT2D eigenvalue weighted by Crippen LogP contribution is -2.38. The van der Waals surface area contributed by atoms with Crippen LogP contribution in [-0.4, -0.2) is 30.4 Å².